The van der Waals surface area contributed by atoms with Crippen LogP contribution in [0, 0.1) is 17.3 Å². The topological polar surface area (TPSA) is 75.7 Å². The van der Waals surface area contributed by atoms with Crippen LogP contribution in [0.1, 0.15) is 26.7 Å². The van der Waals surface area contributed by atoms with Crippen molar-refractivity contribution in [1.29, 1.82) is 0 Å². The highest BCUT2D eigenvalue weighted by molar-refractivity contribution is 5.83. The van der Waals surface area contributed by atoms with Crippen LogP contribution >= 0.6 is 0 Å². The van der Waals surface area contributed by atoms with Crippen LogP contribution < -0.4 is 5.11 Å². The van der Waals surface area contributed by atoms with E-state index in [9.17, 15) is 14.7 Å². The van der Waals surface area contributed by atoms with Gasteiger partial charge in [-0.15, -0.1) is 0 Å². The number of hydrogen-bond donors (Lipinski definition) is 0. The molecule has 0 aromatic rings. The van der Waals surface area contributed by atoms with E-state index in [2.05, 4.69) is 0 Å². The van der Waals surface area contributed by atoms with Crippen molar-refractivity contribution in [2.45, 2.75) is 33.0 Å². The van der Waals surface area contributed by atoms with Gasteiger partial charge in [-0.3, -0.25) is 0 Å². The number of hydrogen-bond acceptors (Lipinski definition) is 5. The number of ether oxygens (including phenoxy) is 2. The number of aliphatic carboxylic acids is 1. The monoisotopic (exact) mass is 253 g/mol. The van der Waals surface area contributed by atoms with Gasteiger partial charge in [0.1, 0.15) is 0 Å². The first-order valence-electron chi connectivity index (χ1n) is 6.14. The van der Waals surface area contributed by atoms with Crippen LogP contribution in [0.4, 0.5) is 0 Å². The van der Waals surface area contributed by atoms with E-state index in [0.29, 0.717) is 6.61 Å². The summed E-state index contributed by atoms with van der Waals surface area (Å²) < 4.78 is 10.2. The van der Waals surface area contributed by atoms with E-state index in [1.54, 1.807) is 6.08 Å². The number of carbonyl (C=O) groups is 2. The molecule has 1 aliphatic heterocycles. The first-order chi connectivity index (χ1) is 8.43. The minimum absolute atomic E-state index is 0.167. The quantitative estimate of drug-likeness (QED) is 0.530. The predicted molar refractivity (Wildman–Crippen MR) is 60.0 cm³/mol. The molecule has 5 nitrogen and oxygen atoms in total. The molecule has 0 bridgehead atoms. The molecule has 1 aliphatic carbocycles. The molecule has 2 aliphatic rings. The number of carboxylic acids is 1. The zero-order valence-corrected chi connectivity index (χ0v) is 10.5. The van der Waals surface area contributed by atoms with Crippen LogP contribution in [0.3, 0.4) is 0 Å². The summed E-state index contributed by atoms with van der Waals surface area (Å²) in [5.41, 5.74) is -0.348. The first kappa shape index (κ1) is 13.1. The molecule has 0 spiro atoms. The minimum atomic E-state index is -1.07. The van der Waals surface area contributed by atoms with Gasteiger partial charge in [0.05, 0.1) is 6.61 Å². The Bertz CT molecular complexity index is 379. The fourth-order valence-corrected chi connectivity index (χ4v) is 2.48. The number of carbonyl (C=O) groups excluding carboxylic acids is 2. The van der Waals surface area contributed by atoms with Crippen molar-refractivity contribution < 1.29 is 24.2 Å². The zero-order valence-electron chi connectivity index (χ0n) is 10.5. The fraction of sp³-hybridized carbons (Fsp3) is 0.692. The number of esters is 1. The Labute approximate surface area is 106 Å². The molecule has 0 N–H and O–H groups in total. The molecule has 1 saturated heterocycles. The van der Waals surface area contributed by atoms with Crippen molar-refractivity contribution in [1.82, 2.24) is 0 Å². The lowest BCUT2D eigenvalue weighted by Gasteiger charge is -2.08. The molecule has 0 radical (unpaired) electrons. The van der Waals surface area contributed by atoms with Gasteiger partial charge in [-0.1, -0.05) is 19.9 Å². The number of allylic oxidation sites excluding steroid dienone is 1. The summed E-state index contributed by atoms with van der Waals surface area (Å²) in [5, 5.41) is 10.8. The smallest absolute Gasteiger partial charge is 0.332 e. The molecule has 1 saturated carbocycles. The van der Waals surface area contributed by atoms with E-state index in [-0.39, 0.29) is 11.3 Å². The van der Waals surface area contributed by atoms with Crippen LogP contribution in [0.15, 0.2) is 12.2 Å². The second-order valence-corrected chi connectivity index (χ2v) is 5.38. The molecule has 1 heterocycles. The molecular formula is C13H17O5-. The van der Waals surface area contributed by atoms with Crippen molar-refractivity contribution in [2.75, 3.05) is 6.61 Å². The Morgan fingerprint density at radius 2 is 2.17 bits per heavy atom. The maximum Gasteiger partial charge on any atom is 0.332 e. The molecule has 18 heavy (non-hydrogen) atoms. The molecule has 3 atom stereocenters. The molecule has 5 heteroatoms. The summed E-state index contributed by atoms with van der Waals surface area (Å²) in [4.78, 5) is 22.3. The second kappa shape index (κ2) is 4.72. The minimum Gasteiger partial charge on any atom is -0.550 e. The number of carboxylic acid groups (broad SMARTS) is 1. The SMILES string of the molecule is CC1(C)C(/C=C/C(=O)OC2CCCO2)C1C(=O)[O-]. The van der Waals surface area contributed by atoms with E-state index >= 15 is 0 Å². The van der Waals surface area contributed by atoms with Crippen molar-refractivity contribution >= 4 is 11.9 Å². The Kier molecular flexibility index (Phi) is 3.43. The highest BCUT2D eigenvalue weighted by atomic mass is 16.7. The summed E-state index contributed by atoms with van der Waals surface area (Å²) in [6, 6.07) is 0. The van der Waals surface area contributed by atoms with Crippen LogP contribution in [-0.4, -0.2) is 24.8 Å². The lowest BCUT2D eigenvalue weighted by Crippen LogP contribution is -2.26. The second-order valence-electron chi connectivity index (χ2n) is 5.38. The summed E-state index contributed by atoms with van der Waals surface area (Å²) in [6.45, 7) is 4.30. The molecule has 2 rings (SSSR count). The van der Waals surface area contributed by atoms with E-state index in [1.165, 1.54) is 6.08 Å². The zero-order chi connectivity index (χ0) is 13.3. The van der Waals surface area contributed by atoms with Crippen molar-refractivity contribution in [3.8, 4) is 0 Å². The van der Waals surface area contributed by atoms with Crippen LogP contribution in [0.25, 0.3) is 0 Å². The summed E-state index contributed by atoms with van der Waals surface area (Å²) in [7, 11) is 0. The van der Waals surface area contributed by atoms with Crippen molar-refractivity contribution in [3.05, 3.63) is 12.2 Å². The van der Waals surface area contributed by atoms with E-state index in [0.717, 1.165) is 12.8 Å². The Morgan fingerprint density at radius 1 is 1.44 bits per heavy atom. The molecule has 3 unspecified atom stereocenters. The average Bonchev–Trinajstić information content (AvgIpc) is 2.63. The summed E-state index contributed by atoms with van der Waals surface area (Å²) >= 11 is 0. The Morgan fingerprint density at radius 3 is 2.67 bits per heavy atom. The summed E-state index contributed by atoms with van der Waals surface area (Å²) in [5.74, 6) is -2.24. The highest BCUT2D eigenvalue weighted by Crippen LogP contribution is 2.58. The van der Waals surface area contributed by atoms with Gasteiger partial charge in [-0.05, 0) is 17.8 Å². The number of rotatable bonds is 4. The fourth-order valence-electron chi connectivity index (χ4n) is 2.48. The van der Waals surface area contributed by atoms with E-state index < -0.39 is 24.1 Å². The third-order valence-electron chi connectivity index (χ3n) is 3.74. The van der Waals surface area contributed by atoms with Crippen LogP contribution in [0.2, 0.25) is 0 Å². The average molecular weight is 253 g/mol. The Hall–Kier alpha value is -1.36. The van der Waals surface area contributed by atoms with Gasteiger partial charge in [0.25, 0.3) is 0 Å². The molecule has 0 aromatic heterocycles. The Balaban J connectivity index is 1.84. The van der Waals surface area contributed by atoms with Crippen LogP contribution in [0.5, 0.6) is 0 Å². The molecule has 0 aromatic carbocycles. The van der Waals surface area contributed by atoms with Gasteiger partial charge in [0, 0.05) is 24.4 Å². The lowest BCUT2D eigenvalue weighted by molar-refractivity contribution is -0.309. The third-order valence-corrected chi connectivity index (χ3v) is 3.74. The van der Waals surface area contributed by atoms with Gasteiger partial charge in [-0.25, -0.2) is 4.79 Å². The maximum absolute atomic E-state index is 11.5. The van der Waals surface area contributed by atoms with Gasteiger partial charge in [0.15, 0.2) is 0 Å². The van der Waals surface area contributed by atoms with Crippen molar-refractivity contribution in [3.63, 3.8) is 0 Å². The van der Waals surface area contributed by atoms with E-state index in [4.69, 9.17) is 9.47 Å². The normalized spacial score (nSPS) is 33.6. The van der Waals surface area contributed by atoms with Gasteiger partial charge in [-0.2, -0.15) is 0 Å². The molecule has 2 fully saturated rings. The largest absolute Gasteiger partial charge is 0.550 e. The van der Waals surface area contributed by atoms with Gasteiger partial charge >= 0.3 is 5.97 Å². The molecule has 100 valence electrons. The molecule has 0 amide bonds. The predicted octanol–water partition coefficient (Wildman–Crippen LogP) is 0.244. The van der Waals surface area contributed by atoms with Crippen LogP contribution in [-0.2, 0) is 19.1 Å². The molecular weight excluding hydrogens is 236 g/mol. The lowest BCUT2D eigenvalue weighted by atomic mass is 10.1. The van der Waals surface area contributed by atoms with Crippen molar-refractivity contribution in [2.24, 2.45) is 17.3 Å². The van der Waals surface area contributed by atoms with E-state index in [1.807, 2.05) is 13.8 Å². The highest BCUT2D eigenvalue weighted by Gasteiger charge is 2.56. The summed E-state index contributed by atoms with van der Waals surface area (Å²) in [6.07, 6.45) is 4.04. The first-order valence-corrected chi connectivity index (χ1v) is 6.14. The third kappa shape index (κ3) is 2.56. The maximum atomic E-state index is 11.5. The standard InChI is InChI=1S/C13H18O5/c1-13(2)8(11(13)12(15)16)5-6-9(14)18-10-4-3-7-17-10/h5-6,8,10-11H,3-4,7H2,1-2H3,(H,15,16)/p-1/b6-5+. The van der Waals surface area contributed by atoms with Gasteiger partial charge in [0.2, 0.25) is 6.29 Å². The van der Waals surface area contributed by atoms with Gasteiger partial charge < -0.3 is 19.4 Å².